The average molecular weight is 345 g/mol. The zero-order valence-electron chi connectivity index (χ0n) is 12.8. The van der Waals surface area contributed by atoms with E-state index in [1.807, 2.05) is 0 Å². The molecular formula is C12H24O5S3. The lowest BCUT2D eigenvalue weighted by Crippen LogP contribution is -2.36. The summed E-state index contributed by atoms with van der Waals surface area (Å²) in [5.74, 6) is 0.223. The summed E-state index contributed by atoms with van der Waals surface area (Å²) in [4.78, 5) is 12.1. The molecular weight excluding hydrogens is 320 g/mol. The van der Waals surface area contributed by atoms with Crippen LogP contribution in [-0.4, -0.2) is 35.4 Å². The second-order valence-electron chi connectivity index (χ2n) is 6.43. The minimum absolute atomic E-state index is 0.0815. The summed E-state index contributed by atoms with van der Waals surface area (Å²) >= 11 is 0. The molecule has 0 aromatic heterocycles. The number of Topliss-reactive ketones (excluding diaryl/α,β-unsaturated/α-hetero) is 1. The third-order valence-electron chi connectivity index (χ3n) is 2.04. The quantitative estimate of drug-likeness (QED) is 0.431. The Balaban J connectivity index is 4.61. The van der Waals surface area contributed by atoms with Gasteiger partial charge in [-0.3, -0.25) is 9.35 Å². The number of ketones is 1. The zero-order valence-corrected chi connectivity index (χ0v) is 15.2. The van der Waals surface area contributed by atoms with Crippen molar-refractivity contribution in [1.29, 1.82) is 0 Å². The van der Waals surface area contributed by atoms with Gasteiger partial charge in [-0.2, -0.15) is 8.42 Å². The van der Waals surface area contributed by atoms with Crippen molar-refractivity contribution < 1.29 is 21.9 Å². The predicted octanol–water partition coefficient (Wildman–Crippen LogP) is 3.36. The molecule has 120 valence electrons. The summed E-state index contributed by atoms with van der Waals surface area (Å²) in [6.07, 6.45) is -0.901. The molecule has 1 unspecified atom stereocenters. The van der Waals surface area contributed by atoms with Crippen molar-refractivity contribution in [3.05, 3.63) is 0 Å². The van der Waals surface area contributed by atoms with E-state index in [0.29, 0.717) is 5.75 Å². The van der Waals surface area contributed by atoms with E-state index in [2.05, 4.69) is 25.0 Å². The summed E-state index contributed by atoms with van der Waals surface area (Å²) in [5, 5.41) is 0. The predicted molar refractivity (Wildman–Crippen MR) is 85.3 cm³/mol. The fourth-order valence-electron chi connectivity index (χ4n) is 1.23. The zero-order chi connectivity index (χ0) is 16.2. The smallest absolute Gasteiger partial charge is 0.296 e. The molecule has 0 saturated heterocycles. The van der Waals surface area contributed by atoms with Gasteiger partial charge in [0.2, 0.25) is 0 Å². The summed E-state index contributed by atoms with van der Waals surface area (Å²) in [5.41, 5.74) is -0.725. The molecule has 0 aliphatic rings. The van der Waals surface area contributed by atoms with E-state index in [0.717, 1.165) is 0 Å². The number of hydrogen-bond donors (Lipinski definition) is 1. The molecule has 0 amide bonds. The van der Waals surface area contributed by atoms with Gasteiger partial charge >= 0.3 is 10.4 Å². The molecule has 0 bridgehead atoms. The van der Waals surface area contributed by atoms with Crippen LogP contribution in [0.5, 0.6) is 0 Å². The monoisotopic (exact) mass is 344 g/mol. The largest absolute Gasteiger partial charge is 0.398 e. The Morgan fingerprint density at radius 2 is 1.70 bits per heavy atom. The van der Waals surface area contributed by atoms with Crippen LogP contribution in [0.3, 0.4) is 0 Å². The lowest BCUT2D eigenvalue weighted by Gasteiger charge is -2.23. The Bertz CT molecular complexity index is 417. The van der Waals surface area contributed by atoms with E-state index in [4.69, 9.17) is 4.55 Å². The highest BCUT2D eigenvalue weighted by atomic mass is 33.1. The molecule has 8 heteroatoms. The Labute approximate surface area is 130 Å². The van der Waals surface area contributed by atoms with E-state index in [1.165, 1.54) is 0 Å². The van der Waals surface area contributed by atoms with Crippen LogP contribution in [0.25, 0.3) is 0 Å². The molecule has 0 rings (SSSR count). The van der Waals surface area contributed by atoms with Gasteiger partial charge in [-0.15, -0.1) is 0 Å². The highest BCUT2D eigenvalue weighted by molar-refractivity contribution is 8.77. The molecule has 0 aromatic rings. The fraction of sp³-hybridized carbons (Fsp3) is 0.917. The topological polar surface area (TPSA) is 80.7 Å². The van der Waals surface area contributed by atoms with Crippen LogP contribution in [-0.2, 0) is 19.4 Å². The molecule has 0 fully saturated rings. The highest BCUT2D eigenvalue weighted by Crippen LogP contribution is 2.36. The van der Waals surface area contributed by atoms with E-state index in [1.54, 1.807) is 42.4 Å². The Morgan fingerprint density at radius 3 is 2.05 bits per heavy atom. The summed E-state index contributed by atoms with van der Waals surface area (Å²) in [6, 6.07) is 0. The Kier molecular flexibility index (Phi) is 7.58. The van der Waals surface area contributed by atoms with Crippen molar-refractivity contribution >= 4 is 37.8 Å². The number of carbonyl (C=O) groups is 1. The SMILES string of the molecule is CC(C)(C)SSCCC(OS(=O)(=O)O)C(=O)C(C)(C)C. The van der Waals surface area contributed by atoms with E-state index >= 15 is 0 Å². The number of hydrogen-bond acceptors (Lipinski definition) is 6. The Morgan fingerprint density at radius 1 is 1.20 bits per heavy atom. The lowest BCUT2D eigenvalue weighted by molar-refractivity contribution is -0.133. The van der Waals surface area contributed by atoms with Crippen LogP contribution in [0.15, 0.2) is 0 Å². The van der Waals surface area contributed by atoms with Crippen molar-refractivity contribution in [2.24, 2.45) is 5.41 Å². The van der Waals surface area contributed by atoms with Crippen LogP contribution < -0.4 is 0 Å². The van der Waals surface area contributed by atoms with Gasteiger partial charge in [0, 0.05) is 15.9 Å². The van der Waals surface area contributed by atoms with Crippen LogP contribution in [0.4, 0.5) is 0 Å². The third kappa shape index (κ3) is 10.0. The van der Waals surface area contributed by atoms with E-state index in [-0.39, 0.29) is 17.0 Å². The summed E-state index contributed by atoms with van der Waals surface area (Å²) in [7, 11) is -1.43. The van der Waals surface area contributed by atoms with E-state index < -0.39 is 21.9 Å². The normalized spacial score (nSPS) is 15.2. The molecule has 0 aliphatic heterocycles. The molecule has 0 radical (unpaired) electrons. The first-order chi connectivity index (χ1) is 8.72. The van der Waals surface area contributed by atoms with Gasteiger partial charge < -0.3 is 0 Å². The molecule has 1 N–H and O–H groups in total. The van der Waals surface area contributed by atoms with Crippen LogP contribution in [0.1, 0.15) is 48.0 Å². The fourth-order valence-corrected chi connectivity index (χ4v) is 4.05. The maximum atomic E-state index is 12.1. The van der Waals surface area contributed by atoms with Gasteiger partial charge in [0.1, 0.15) is 6.10 Å². The standard InChI is InChI=1S/C12H24O5S3/c1-11(2,3)10(13)9(17-20(14,15)16)7-8-18-19-12(4,5)6/h9H,7-8H2,1-6H3,(H,14,15,16). The second-order valence-corrected chi connectivity index (χ2v) is 10.7. The minimum atomic E-state index is -4.63. The highest BCUT2D eigenvalue weighted by Gasteiger charge is 2.33. The van der Waals surface area contributed by atoms with Crippen LogP contribution in [0, 0.1) is 5.41 Å². The van der Waals surface area contributed by atoms with Gasteiger partial charge in [-0.25, -0.2) is 4.18 Å². The number of carbonyl (C=O) groups excluding carboxylic acids is 1. The first kappa shape index (κ1) is 20.2. The molecule has 1 atom stereocenters. The molecule has 0 saturated carbocycles. The molecule has 0 aliphatic carbocycles. The van der Waals surface area contributed by atoms with Gasteiger partial charge in [0.05, 0.1) is 0 Å². The average Bonchev–Trinajstić information content (AvgIpc) is 2.17. The maximum Gasteiger partial charge on any atom is 0.398 e. The van der Waals surface area contributed by atoms with Crippen molar-refractivity contribution in [3.63, 3.8) is 0 Å². The van der Waals surface area contributed by atoms with Crippen LogP contribution in [0.2, 0.25) is 0 Å². The van der Waals surface area contributed by atoms with Gasteiger partial charge in [-0.05, 0) is 6.42 Å². The summed E-state index contributed by atoms with van der Waals surface area (Å²) in [6.45, 7) is 11.3. The third-order valence-corrected chi connectivity index (χ3v) is 5.89. The van der Waals surface area contributed by atoms with Gasteiger partial charge in [-0.1, -0.05) is 63.1 Å². The first-order valence-electron chi connectivity index (χ1n) is 6.23. The van der Waals surface area contributed by atoms with Crippen molar-refractivity contribution in [1.82, 2.24) is 0 Å². The van der Waals surface area contributed by atoms with Gasteiger partial charge in [0.15, 0.2) is 5.78 Å². The number of rotatable bonds is 7. The molecule has 0 spiro atoms. The van der Waals surface area contributed by atoms with Crippen molar-refractivity contribution in [2.45, 2.75) is 58.8 Å². The first-order valence-corrected chi connectivity index (χ1v) is 9.91. The lowest BCUT2D eigenvalue weighted by atomic mass is 9.87. The molecule has 0 heterocycles. The Hall–Kier alpha value is 0.240. The van der Waals surface area contributed by atoms with Crippen molar-refractivity contribution in [2.75, 3.05) is 5.75 Å². The van der Waals surface area contributed by atoms with E-state index in [9.17, 15) is 13.2 Å². The second kappa shape index (κ2) is 7.49. The molecule has 0 aromatic carbocycles. The summed E-state index contributed by atoms with van der Waals surface area (Å²) < 4.78 is 35.0. The van der Waals surface area contributed by atoms with Gasteiger partial charge in [0.25, 0.3) is 0 Å². The molecule has 5 nitrogen and oxygen atoms in total. The van der Waals surface area contributed by atoms with Crippen molar-refractivity contribution in [3.8, 4) is 0 Å². The molecule has 20 heavy (non-hydrogen) atoms. The minimum Gasteiger partial charge on any atom is -0.296 e. The maximum absolute atomic E-state index is 12.1. The van der Waals surface area contributed by atoms with Crippen LogP contribution >= 0.6 is 21.6 Å².